The van der Waals surface area contributed by atoms with Crippen LogP contribution in [0.1, 0.15) is 16.7 Å². The Kier molecular flexibility index (Phi) is 7.79. The van der Waals surface area contributed by atoms with Gasteiger partial charge in [0.1, 0.15) is 5.75 Å². The highest BCUT2D eigenvalue weighted by atomic mass is 19.1. The molecule has 0 radical (unpaired) electrons. The van der Waals surface area contributed by atoms with E-state index < -0.39 is 5.82 Å². The normalized spacial score (nSPS) is 14.3. The molecule has 0 saturated carbocycles. The zero-order valence-electron chi connectivity index (χ0n) is 18.2. The van der Waals surface area contributed by atoms with E-state index in [-0.39, 0.29) is 11.7 Å². The Balaban J connectivity index is 1.32. The van der Waals surface area contributed by atoms with Gasteiger partial charge in [0.2, 0.25) is 5.91 Å². The van der Waals surface area contributed by atoms with Gasteiger partial charge in [0, 0.05) is 38.5 Å². The third kappa shape index (κ3) is 6.71. The number of benzene rings is 2. The van der Waals surface area contributed by atoms with E-state index in [1.165, 1.54) is 30.0 Å². The number of carbonyl (C=O) groups is 1. The highest BCUT2D eigenvalue weighted by Crippen LogP contribution is 2.24. The van der Waals surface area contributed by atoms with Crippen LogP contribution in [0, 0.1) is 5.82 Å². The Bertz CT molecular complexity index is 1100. The lowest BCUT2D eigenvalue weighted by Crippen LogP contribution is -2.36. The minimum absolute atomic E-state index is 0.0986. The fourth-order valence-electron chi connectivity index (χ4n) is 3.54. The first-order valence-corrected chi connectivity index (χ1v) is 10.9. The summed E-state index contributed by atoms with van der Waals surface area (Å²) in [5, 5.41) is 2.91. The summed E-state index contributed by atoms with van der Waals surface area (Å²) in [5.41, 5.74) is 2.83. The van der Waals surface area contributed by atoms with Crippen molar-refractivity contribution < 1.29 is 18.7 Å². The fraction of sp³-hybridized carbons (Fsp3) is 0.231. The van der Waals surface area contributed by atoms with E-state index in [0.717, 1.165) is 38.4 Å². The number of hydrogen-bond acceptors (Lipinski definition) is 5. The minimum atomic E-state index is -0.515. The highest BCUT2D eigenvalue weighted by molar-refractivity contribution is 5.91. The maximum Gasteiger partial charge on any atom is 0.244 e. The van der Waals surface area contributed by atoms with Crippen molar-refractivity contribution in [2.45, 2.75) is 13.1 Å². The van der Waals surface area contributed by atoms with E-state index in [4.69, 9.17) is 9.47 Å². The molecule has 0 aliphatic carbocycles. The number of rotatable bonds is 8. The molecule has 33 heavy (non-hydrogen) atoms. The van der Waals surface area contributed by atoms with Crippen molar-refractivity contribution in [1.29, 1.82) is 0 Å². The zero-order chi connectivity index (χ0) is 22.9. The largest absolute Gasteiger partial charge is 0.453 e. The summed E-state index contributed by atoms with van der Waals surface area (Å²) >= 11 is 0. The zero-order valence-corrected chi connectivity index (χ0v) is 18.2. The Morgan fingerprint density at radius 2 is 1.94 bits per heavy atom. The summed E-state index contributed by atoms with van der Waals surface area (Å²) in [7, 11) is 0. The van der Waals surface area contributed by atoms with Crippen molar-refractivity contribution in [2.24, 2.45) is 0 Å². The van der Waals surface area contributed by atoms with Crippen molar-refractivity contribution >= 4 is 12.0 Å². The second-order valence-electron chi connectivity index (χ2n) is 7.69. The van der Waals surface area contributed by atoms with Gasteiger partial charge in [0.05, 0.1) is 19.4 Å². The van der Waals surface area contributed by atoms with Crippen LogP contribution in [0.2, 0.25) is 0 Å². The molecule has 0 bridgehead atoms. The molecule has 2 aromatic carbocycles. The second-order valence-corrected chi connectivity index (χ2v) is 7.69. The predicted molar refractivity (Wildman–Crippen MR) is 124 cm³/mol. The first-order valence-electron chi connectivity index (χ1n) is 10.9. The van der Waals surface area contributed by atoms with Gasteiger partial charge in [-0.05, 0) is 47.0 Å². The lowest BCUT2D eigenvalue weighted by Gasteiger charge is -2.27. The number of amides is 1. The quantitative estimate of drug-likeness (QED) is 0.525. The van der Waals surface area contributed by atoms with Crippen LogP contribution in [0.3, 0.4) is 0 Å². The van der Waals surface area contributed by atoms with Gasteiger partial charge in [-0.3, -0.25) is 14.7 Å². The third-order valence-corrected chi connectivity index (χ3v) is 5.31. The van der Waals surface area contributed by atoms with E-state index >= 15 is 0 Å². The van der Waals surface area contributed by atoms with Gasteiger partial charge in [0.15, 0.2) is 11.6 Å². The number of carbonyl (C=O) groups excluding carboxylic acids is 1. The number of nitrogens with one attached hydrogen (secondary N) is 1. The van der Waals surface area contributed by atoms with Gasteiger partial charge in [-0.25, -0.2) is 4.39 Å². The van der Waals surface area contributed by atoms with Crippen LogP contribution >= 0.6 is 0 Å². The lowest BCUT2D eigenvalue weighted by atomic mass is 10.1. The number of hydrogen-bond donors (Lipinski definition) is 1. The van der Waals surface area contributed by atoms with Crippen molar-refractivity contribution in [3.63, 3.8) is 0 Å². The number of morpholine rings is 1. The Labute approximate surface area is 192 Å². The van der Waals surface area contributed by atoms with Crippen LogP contribution in [0.15, 0.2) is 73.1 Å². The summed E-state index contributed by atoms with van der Waals surface area (Å²) < 4.78 is 25.3. The van der Waals surface area contributed by atoms with Crippen molar-refractivity contribution in [1.82, 2.24) is 15.2 Å². The summed E-state index contributed by atoms with van der Waals surface area (Å²) in [4.78, 5) is 18.6. The minimum Gasteiger partial charge on any atom is -0.453 e. The number of aromatic nitrogens is 1. The molecule has 1 amide bonds. The number of halogens is 1. The first kappa shape index (κ1) is 22.6. The van der Waals surface area contributed by atoms with Gasteiger partial charge in [0.25, 0.3) is 0 Å². The van der Waals surface area contributed by atoms with Crippen LogP contribution in [0.5, 0.6) is 11.5 Å². The first-order chi connectivity index (χ1) is 16.2. The van der Waals surface area contributed by atoms with E-state index in [1.54, 1.807) is 30.5 Å². The standard InChI is InChI=1S/C26H26FN3O3/c27-24-16-20(7-9-25(24)33-23-6-3-11-28-18-23)8-10-26(31)29-17-21-4-1-2-5-22(21)19-30-12-14-32-15-13-30/h1-11,16,18H,12-15,17,19H2,(H,29,31)/b10-8+. The molecule has 1 aromatic heterocycles. The molecule has 6 nitrogen and oxygen atoms in total. The maximum atomic E-state index is 14.4. The van der Waals surface area contributed by atoms with E-state index in [2.05, 4.69) is 21.3 Å². The molecule has 0 spiro atoms. The molecule has 2 heterocycles. The topological polar surface area (TPSA) is 63.7 Å². The van der Waals surface area contributed by atoms with Crippen LogP contribution in [-0.2, 0) is 22.6 Å². The van der Waals surface area contributed by atoms with Crippen LogP contribution in [-0.4, -0.2) is 42.1 Å². The van der Waals surface area contributed by atoms with Crippen LogP contribution < -0.4 is 10.1 Å². The summed E-state index contributed by atoms with van der Waals surface area (Å²) in [6.45, 7) is 4.58. The number of ether oxygens (including phenoxy) is 2. The molecule has 1 N–H and O–H groups in total. The van der Waals surface area contributed by atoms with Crippen LogP contribution in [0.25, 0.3) is 6.08 Å². The Morgan fingerprint density at radius 1 is 1.12 bits per heavy atom. The SMILES string of the molecule is O=C(/C=C/c1ccc(Oc2cccnc2)c(F)c1)NCc1ccccc1CN1CCOCC1. The van der Waals surface area contributed by atoms with E-state index in [9.17, 15) is 9.18 Å². The van der Waals surface area contributed by atoms with Crippen LogP contribution in [0.4, 0.5) is 4.39 Å². The van der Waals surface area contributed by atoms with Crippen molar-refractivity contribution in [2.75, 3.05) is 26.3 Å². The van der Waals surface area contributed by atoms with Gasteiger partial charge >= 0.3 is 0 Å². The molecule has 0 atom stereocenters. The van der Waals surface area contributed by atoms with Crippen molar-refractivity contribution in [3.05, 3.63) is 95.6 Å². The second kappa shape index (κ2) is 11.4. The van der Waals surface area contributed by atoms with Gasteiger partial charge in [-0.2, -0.15) is 0 Å². The highest BCUT2D eigenvalue weighted by Gasteiger charge is 2.13. The van der Waals surface area contributed by atoms with Gasteiger partial charge in [-0.1, -0.05) is 30.3 Å². The Morgan fingerprint density at radius 3 is 2.70 bits per heavy atom. The lowest BCUT2D eigenvalue weighted by molar-refractivity contribution is -0.116. The molecule has 1 fully saturated rings. The molecule has 1 aliphatic rings. The predicted octanol–water partition coefficient (Wildman–Crippen LogP) is 4.17. The average molecular weight is 448 g/mol. The average Bonchev–Trinajstić information content (AvgIpc) is 2.85. The monoisotopic (exact) mass is 447 g/mol. The summed E-state index contributed by atoms with van der Waals surface area (Å²) in [5.74, 6) is -0.208. The smallest absolute Gasteiger partial charge is 0.244 e. The van der Waals surface area contributed by atoms with Crippen molar-refractivity contribution in [3.8, 4) is 11.5 Å². The number of nitrogens with zero attached hydrogens (tertiary/aromatic N) is 2. The summed E-state index contributed by atoms with van der Waals surface area (Å²) in [6, 6.07) is 16.1. The van der Waals surface area contributed by atoms with Gasteiger partial charge < -0.3 is 14.8 Å². The molecular formula is C26H26FN3O3. The summed E-state index contributed by atoms with van der Waals surface area (Å²) in [6.07, 6.45) is 6.11. The Hall–Kier alpha value is -3.55. The molecule has 0 unspecified atom stereocenters. The van der Waals surface area contributed by atoms with E-state index in [0.29, 0.717) is 17.9 Å². The molecule has 7 heteroatoms. The molecule has 1 aliphatic heterocycles. The fourth-order valence-corrected chi connectivity index (χ4v) is 3.54. The van der Waals surface area contributed by atoms with E-state index in [1.807, 2.05) is 18.2 Å². The molecular weight excluding hydrogens is 421 g/mol. The maximum absolute atomic E-state index is 14.4. The molecule has 170 valence electrons. The molecule has 1 saturated heterocycles. The molecule has 3 aromatic rings. The van der Waals surface area contributed by atoms with Gasteiger partial charge in [-0.15, -0.1) is 0 Å². The third-order valence-electron chi connectivity index (χ3n) is 5.31. The number of pyridine rings is 1. The molecule has 4 rings (SSSR count).